The fourth-order valence-corrected chi connectivity index (χ4v) is 4.36. The van der Waals surface area contributed by atoms with Gasteiger partial charge in [-0.2, -0.15) is 10.4 Å². The Morgan fingerprint density at radius 3 is 2.68 bits per heavy atom. The van der Waals surface area contributed by atoms with E-state index in [1.807, 2.05) is 56.0 Å². The Kier molecular flexibility index (Phi) is 6.23. The lowest BCUT2D eigenvalue weighted by Gasteiger charge is -2.34. The van der Waals surface area contributed by atoms with E-state index in [4.69, 9.17) is 10.2 Å². The number of aryl methyl sites for hydroxylation is 1. The summed E-state index contributed by atoms with van der Waals surface area (Å²) in [5.74, 6) is 0.860. The van der Waals surface area contributed by atoms with Crippen LogP contribution in [0.3, 0.4) is 0 Å². The predicted octanol–water partition coefficient (Wildman–Crippen LogP) is 4.13. The molecule has 0 saturated heterocycles. The SMILES string of the molecule is Cn1cc(-c2cnc3c(c2)NC[C@H]([C@H](NCCc2ccc(C#N)cc2)c2ccccc2)N3)cn1. The Hall–Kier alpha value is -4.15. The Morgan fingerprint density at radius 2 is 1.94 bits per heavy atom. The molecule has 0 unspecified atom stereocenters. The number of hydrogen-bond acceptors (Lipinski definition) is 6. The number of nitriles is 1. The number of pyridine rings is 1. The van der Waals surface area contributed by atoms with Gasteiger partial charge in [0, 0.05) is 37.1 Å². The van der Waals surface area contributed by atoms with E-state index in [1.54, 1.807) is 4.68 Å². The van der Waals surface area contributed by atoms with Crippen LogP contribution in [-0.2, 0) is 13.5 Å². The summed E-state index contributed by atoms with van der Waals surface area (Å²) in [4.78, 5) is 4.71. The van der Waals surface area contributed by atoms with Crippen molar-refractivity contribution in [3.05, 3.63) is 95.9 Å². The molecule has 0 amide bonds. The lowest BCUT2D eigenvalue weighted by atomic mass is 9.97. The number of hydrogen-bond donors (Lipinski definition) is 3. The van der Waals surface area contributed by atoms with E-state index in [0.29, 0.717) is 5.56 Å². The van der Waals surface area contributed by atoms with Crippen LogP contribution in [0.2, 0.25) is 0 Å². The third-order valence-corrected chi connectivity index (χ3v) is 6.18. The summed E-state index contributed by atoms with van der Waals surface area (Å²) in [6.07, 6.45) is 6.62. The molecule has 1 aliphatic rings. The molecule has 170 valence electrons. The van der Waals surface area contributed by atoms with E-state index < -0.39 is 0 Å². The van der Waals surface area contributed by atoms with E-state index >= 15 is 0 Å². The summed E-state index contributed by atoms with van der Waals surface area (Å²) < 4.78 is 1.80. The Balaban J connectivity index is 1.30. The lowest BCUT2D eigenvalue weighted by molar-refractivity contribution is 0.472. The zero-order valence-electron chi connectivity index (χ0n) is 19.1. The first-order chi connectivity index (χ1) is 16.7. The second-order valence-corrected chi connectivity index (χ2v) is 8.56. The topological polar surface area (TPSA) is 90.6 Å². The smallest absolute Gasteiger partial charge is 0.149 e. The second kappa shape index (κ2) is 9.77. The van der Waals surface area contributed by atoms with Crippen LogP contribution in [0.15, 0.2) is 79.3 Å². The zero-order valence-corrected chi connectivity index (χ0v) is 19.1. The number of nitrogens with zero attached hydrogens (tertiary/aromatic N) is 4. The summed E-state index contributed by atoms with van der Waals surface area (Å²) in [6, 6.07) is 22.9. The second-order valence-electron chi connectivity index (χ2n) is 8.56. The molecule has 5 rings (SSSR count). The molecule has 7 nitrogen and oxygen atoms in total. The largest absolute Gasteiger partial charge is 0.380 e. The van der Waals surface area contributed by atoms with Gasteiger partial charge in [-0.05, 0) is 42.3 Å². The normalized spacial score (nSPS) is 15.5. The van der Waals surface area contributed by atoms with Gasteiger partial charge < -0.3 is 16.0 Å². The monoisotopic (exact) mass is 449 g/mol. The Labute approximate surface area is 199 Å². The van der Waals surface area contributed by atoms with Crippen molar-refractivity contribution >= 4 is 11.5 Å². The van der Waals surface area contributed by atoms with Crippen molar-refractivity contribution in [2.24, 2.45) is 7.05 Å². The molecule has 0 fully saturated rings. The number of benzene rings is 2. The highest BCUT2D eigenvalue weighted by Gasteiger charge is 2.27. The summed E-state index contributed by atoms with van der Waals surface area (Å²) in [5.41, 5.74) is 6.23. The third-order valence-electron chi connectivity index (χ3n) is 6.18. The van der Waals surface area contributed by atoms with Gasteiger partial charge in [-0.3, -0.25) is 4.68 Å². The molecule has 0 radical (unpaired) electrons. The molecule has 0 aliphatic carbocycles. The van der Waals surface area contributed by atoms with E-state index in [-0.39, 0.29) is 12.1 Å². The first-order valence-corrected chi connectivity index (χ1v) is 11.5. The first kappa shape index (κ1) is 21.7. The number of anilines is 2. The minimum Gasteiger partial charge on any atom is -0.380 e. The zero-order chi connectivity index (χ0) is 23.3. The molecule has 4 aromatic rings. The summed E-state index contributed by atoms with van der Waals surface area (Å²) >= 11 is 0. The van der Waals surface area contributed by atoms with Gasteiger partial charge in [0.05, 0.1) is 35.6 Å². The molecule has 2 aromatic heterocycles. The van der Waals surface area contributed by atoms with Gasteiger partial charge in [0.15, 0.2) is 0 Å². The first-order valence-electron chi connectivity index (χ1n) is 11.5. The van der Waals surface area contributed by atoms with E-state index in [9.17, 15) is 0 Å². The molecular weight excluding hydrogens is 422 g/mol. The van der Waals surface area contributed by atoms with Crippen molar-refractivity contribution in [1.29, 1.82) is 5.26 Å². The molecule has 2 aromatic carbocycles. The highest BCUT2D eigenvalue weighted by atomic mass is 15.2. The van der Waals surface area contributed by atoms with Crippen LogP contribution >= 0.6 is 0 Å². The van der Waals surface area contributed by atoms with Crippen LogP contribution in [0.25, 0.3) is 11.1 Å². The molecule has 2 atom stereocenters. The minimum atomic E-state index is 0.111. The van der Waals surface area contributed by atoms with Crippen molar-refractivity contribution in [3.8, 4) is 17.2 Å². The molecule has 0 spiro atoms. The predicted molar refractivity (Wildman–Crippen MR) is 134 cm³/mol. The quantitative estimate of drug-likeness (QED) is 0.393. The van der Waals surface area contributed by atoms with Crippen LogP contribution in [-0.4, -0.2) is 33.9 Å². The van der Waals surface area contributed by atoms with Gasteiger partial charge in [-0.15, -0.1) is 0 Å². The summed E-state index contributed by atoms with van der Waals surface area (Å²) in [6.45, 7) is 1.60. The number of nitrogens with one attached hydrogen (secondary N) is 3. The van der Waals surface area contributed by atoms with Crippen molar-refractivity contribution in [2.75, 3.05) is 23.7 Å². The van der Waals surface area contributed by atoms with Crippen LogP contribution in [0, 0.1) is 11.3 Å². The molecule has 1 aliphatic heterocycles. The van der Waals surface area contributed by atoms with Gasteiger partial charge >= 0.3 is 0 Å². The average molecular weight is 450 g/mol. The fourth-order valence-electron chi connectivity index (χ4n) is 4.36. The lowest BCUT2D eigenvalue weighted by Crippen LogP contribution is -2.44. The summed E-state index contributed by atoms with van der Waals surface area (Å²) in [5, 5.41) is 24.2. The summed E-state index contributed by atoms with van der Waals surface area (Å²) in [7, 11) is 1.91. The molecule has 3 N–H and O–H groups in total. The van der Waals surface area contributed by atoms with Gasteiger partial charge in [0.25, 0.3) is 0 Å². The Bertz CT molecular complexity index is 1290. The molecule has 0 saturated carbocycles. The van der Waals surface area contributed by atoms with Crippen molar-refractivity contribution in [1.82, 2.24) is 20.1 Å². The van der Waals surface area contributed by atoms with Crippen LogP contribution in [0.1, 0.15) is 22.7 Å². The van der Waals surface area contributed by atoms with Crippen LogP contribution < -0.4 is 16.0 Å². The minimum absolute atomic E-state index is 0.111. The van der Waals surface area contributed by atoms with E-state index in [2.05, 4.69) is 57.5 Å². The van der Waals surface area contributed by atoms with E-state index in [1.165, 1.54) is 11.1 Å². The van der Waals surface area contributed by atoms with Crippen LogP contribution in [0.4, 0.5) is 11.5 Å². The number of aromatic nitrogens is 3. The maximum atomic E-state index is 9.01. The standard InChI is InChI=1S/C27H27N7/c1-34-18-23(16-32-34)22-13-24-27(31-15-22)33-25(17-30-24)26(21-5-3-2-4-6-21)29-12-11-19-7-9-20(14-28)10-8-19/h2-10,13,15-16,18,25-26,29-30H,11-12,17H2,1H3,(H,31,33)/t25-,26-/m1/s1. The van der Waals surface area contributed by atoms with Crippen molar-refractivity contribution in [2.45, 2.75) is 18.5 Å². The highest BCUT2D eigenvalue weighted by molar-refractivity contribution is 5.75. The molecular formula is C27H27N7. The van der Waals surface area contributed by atoms with Gasteiger partial charge in [0.1, 0.15) is 5.82 Å². The highest BCUT2D eigenvalue weighted by Crippen LogP contribution is 2.32. The average Bonchev–Trinajstić information content (AvgIpc) is 3.33. The van der Waals surface area contributed by atoms with Gasteiger partial charge in [-0.1, -0.05) is 42.5 Å². The van der Waals surface area contributed by atoms with E-state index in [0.717, 1.165) is 42.1 Å². The number of fused-ring (bicyclic) bond motifs is 1. The fraction of sp³-hybridized carbons (Fsp3) is 0.222. The maximum absolute atomic E-state index is 9.01. The molecule has 34 heavy (non-hydrogen) atoms. The van der Waals surface area contributed by atoms with Crippen molar-refractivity contribution in [3.63, 3.8) is 0 Å². The van der Waals surface area contributed by atoms with Crippen LogP contribution in [0.5, 0.6) is 0 Å². The van der Waals surface area contributed by atoms with Crippen molar-refractivity contribution < 1.29 is 0 Å². The third kappa shape index (κ3) is 4.77. The molecule has 0 bridgehead atoms. The number of rotatable bonds is 7. The Morgan fingerprint density at radius 1 is 1.12 bits per heavy atom. The van der Waals surface area contributed by atoms with Gasteiger partial charge in [-0.25, -0.2) is 4.98 Å². The molecule has 3 heterocycles. The maximum Gasteiger partial charge on any atom is 0.149 e. The molecule has 7 heteroatoms. The van der Waals surface area contributed by atoms with Gasteiger partial charge in [0.2, 0.25) is 0 Å².